The van der Waals surface area contributed by atoms with E-state index in [1.165, 1.54) is 0 Å². The first-order valence-electron chi connectivity index (χ1n) is 7.44. The van der Waals surface area contributed by atoms with Crippen LogP contribution in [-0.2, 0) is 10.0 Å². The van der Waals surface area contributed by atoms with Gasteiger partial charge in [0.15, 0.2) is 0 Å². The second-order valence-electron chi connectivity index (χ2n) is 5.75. The van der Waals surface area contributed by atoms with Crippen molar-refractivity contribution in [3.05, 3.63) is 29.8 Å². The fourth-order valence-electron chi connectivity index (χ4n) is 3.23. The molecule has 2 heterocycles. The Morgan fingerprint density at radius 3 is 2.86 bits per heavy atom. The zero-order valence-corrected chi connectivity index (χ0v) is 12.9. The van der Waals surface area contributed by atoms with E-state index >= 15 is 0 Å². The second kappa shape index (κ2) is 5.59. The molecule has 0 aliphatic carbocycles. The van der Waals surface area contributed by atoms with Crippen LogP contribution in [0.3, 0.4) is 0 Å². The highest BCUT2D eigenvalue weighted by Gasteiger charge is 2.52. The van der Waals surface area contributed by atoms with E-state index in [-0.39, 0.29) is 30.4 Å². The smallest absolute Gasteiger partial charge is 0.214 e. The molecule has 0 bridgehead atoms. The van der Waals surface area contributed by atoms with Gasteiger partial charge in [0.25, 0.3) is 0 Å². The third kappa shape index (κ3) is 2.45. The first-order valence-corrected chi connectivity index (χ1v) is 9.05. The van der Waals surface area contributed by atoms with Crippen molar-refractivity contribution in [3.63, 3.8) is 0 Å². The molecule has 2 aliphatic heterocycles. The first-order chi connectivity index (χ1) is 10.1. The maximum atomic E-state index is 12.6. The number of hydrogen-bond acceptors (Lipinski definition) is 4. The minimum atomic E-state index is -3.32. The quantitative estimate of drug-likeness (QED) is 0.896. The van der Waals surface area contributed by atoms with Crippen molar-refractivity contribution in [1.29, 1.82) is 0 Å². The topological polar surface area (TPSA) is 66.8 Å². The van der Waals surface area contributed by atoms with E-state index in [2.05, 4.69) is 0 Å². The Balaban J connectivity index is 1.95. The van der Waals surface area contributed by atoms with Crippen molar-refractivity contribution in [2.75, 3.05) is 18.9 Å². The van der Waals surface area contributed by atoms with Crippen LogP contribution in [0.1, 0.15) is 31.4 Å². The standard InChI is InChI=1S/C15H21NO4S/c1-2-3-8-21(18,19)16-9-11(10-17)15-14(16)12-6-4-5-7-13(12)20-15/h4-7,11,14-15,17H,2-3,8-10H2,1H3/t11-,14-,15-/m0/s1. The fraction of sp³-hybridized carbons (Fsp3) is 0.600. The maximum absolute atomic E-state index is 12.6. The Kier molecular flexibility index (Phi) is 3.94. The van der Waals surface area contributed by atoms with E-state index in [0.717, 1.165) is 17.7 Å². The number of fused-ring (bicyclic) bond motifs is 3. The van der Waals surface area contributed by atoms with Crippen LogP contribution in [0.2, 0.25) is 0 Å². The predicted molar refractivity (Wildman–Crippen MR) is 79.6 cm³/mol. The zero-order valence-electron chi connectivity index (χ0n) is 12.1. The summed E-state index contributed by atoms with van der Waals surface area (Å²) in [4.78, 5) is 0. The molecule has 3 atom stereocenters. The van der Waals surface area contributed by atoms with Crippen LogP contribution in [0, 0.1) is 5.92 Å². The van der Waals surface area contributed by atoms with E-state index in [1.54, 1.807) is 4.31 Å². The number of para-hydroxylation sites is 1. The van der Waals surface area contributed by atoms with E-state index in [4.69, 9.17) is 4.74 Å². The number of sulfonamides is 1. The third-order valence-corrected chi connectivity index (χ3v) is 6.24. The largest absolute Gasteiger partial charge is 0.488 e. The van der Waals surface area contributed by atoms with Gasteiger partial charge in [-0.1, -0.05) is 31.5 Å². The predicted octanol–water partition coefficient (Wildman–Crippen LogP) is 1.54. The average molecular weight is 311 g/mol. The van der Waals surface area contributed by atoms with Crippen LogP contribution >= 0.6 is 0 Å². The summed E-state index contributed by atoms with van der Waals surface area (Å²) in [7, 11) is -3.32. The Morgan fingerprint density at radius 2 is 2.14 bits per heavy atom. The molecule has 0 radical (unpaired) electrons. The van der Waals surface area contributed by atoms with Crippen molar-refractivity contribution in [2.45, 2.75) is 31.9 Å². The van der Waals surface area contributed by atoms with Crippen LogP contribution in [0.4, 0.5) is 0 Å². The molecule has 0 amide bonds. The number of ether oxygens (including phenoxy) is 1. The lowest BCUT2D eigenvalue weighted by atomic mass is 10.00. The highest BCUT2D eigenvalue weighted by atomic mass is 32.2. The van der Waals surface area contributed by atoms with Crippen molar-refractivity contribution >= 4 is 10.0 Å². The lowest BCUT2D eigenvalue weighted by Crippen LogP contribution is -2.34. The molecule has 6 heteroatoms. The number of aliphatic hydroxyl groups excluding tert-OH is 1. The normalized spacial score (nSPS) is 28.2. The third-order valence-electron chi connectivity index (χ3n) is 4.35. The zero-order chi connectivity index (χ0) is 15.0. The van der Waals surface area contributed by atoms with Gasteiger partial charge in [0.2, 0.25) is 10.0 Å². The molecule has 1 aromatic rings. The van der Waals surface area contributed by atoms with Crippen LogP contribution in [0.5, 0.6) is 5.75 Å². The van der Waals surface area contributed by atoms with Gasteiger partial charge in [0.05, 0.1) is 18.4 Å². The summed E-state index contributed by atoms with van der Waals surface area (Å²) < 4.78 is 32.6. The number of hydrogen-bond donors (Lipinski definition) is 1. The summed E-state index contributed by atoms with van der Waals surface area (Å²) in [6, 6.07) is 7.26. The van der Waals surface area contributed by atoms with Gasteiger partial charge < -0.3 is 9.84 Å². The molecule has 5 nitrogen and oxygen atoms in total. The highest BCUT2D eigenvalue weighted by Crippen LogP contribution is 2.48. The lowest BCUT2D eigenvalue weighted by molar-refractivity contribution is 0.121. The molecule has 1 fully saturated rings. The van der Waals surface area contributed by atoms with Gasteiger partial charge in [-0.25, -0.2) is 8.42 Å². The molecular formula is C15H21NO4S. The van der Waals surface area contributed by atoms with Crippen LogP contribution in [0.25, 0.3) is 0 Å². The Labute approximate surface area is 125 Å². The minimum absolute atomic E-state index is 0.0606. The molecule has 21 heavy (non-hydrogen) atoms. The Hall–Kier alpha value is -1.11. The number of nitrogens with zero attached hydrogens (tertiary/aromatic N) is 1. The molecule has 0 spiro atoms. The molecule has 116 valence electrons. The molecule has 3 rings (SSSR count). The van der Waals surface area contributed by atoms with Crippen LogP contribution in [-0.4, -0.2) is 42.8 Å². The van der Waals surface area contributed by atoms with Gasteiger partial charge in [-0.15, -0.1) is 0 Å². The number of unbranched alkanes of at least 4 members (excludes halogenated alkanes) is 1. The first kappa shape index (κ1) is 14.8. The van der Waals surface area contributed by atoms with Gasteiger partial charge in [-0.05, 0) is 12.5 Å². The van der Waals surface area contributed by atoms with E-state index in [1.807, 2.05) is 31.2 Å². The molecule has 2 aliphatic rings. The monoisotopic (exact) mass is 311 g/mol. The van der Waals surface area contributed by atoms with Crippen LogP contribution in [0.15, 0.2) is 24.3 Å². The van der Waals surface area contributed by atoms with Crippen molar-refractivity contribution < 1.29 is 18.3 Å². The average Bonchev–Trinajstić information content (AvgIpc) is 3.02. The summed E-state index contributed by atoms with van der Waals surface area (Å²) in [5.74, 6) is 0.729. The molecule has 0 saturated carbocycles. The van der Waals surface area contributed by atoms with E-state index in [0.29, 0.717) is 13.0 Å². The molecule has 0 unspecified atom stereocenters. The lowest BCUT2D eigenvalue weighted by Gasteiger charge is -2.22. The molecule has 1 saturated heterocycles. The fourth-order valence-corrected chi connectivity index (χ4v) is 5.12. The second-order valence-corrected chi connectivity index (χ2v) is 7.79. The molecule has 1 aromatic carbocycles. The number of rotatable bonds is 5. The minimum Gasteiger partial charge on any atom is -0.488 e. The molecular weight excluding hydrogens is 290 g/mol. The van der Waals surface area contributed by atoms with Crippen molar-refractivity contribution in [2.24, 2.45) is 5.92 Å². The Morgan fingerprint density at radius 1 is 1.38 bits per heavy atom. The summed E-state index contributed by atoms with van der Waals surface area (Å²) >= 11 is 0. The van der Waals surface area contributed by atoms with E-state index in [9.17, 15) is 13.5 Å². The maximum Gasteiger partial charge on any atom is 0.214 e. The van der Waals surface area contributed by atoms with Gasteiger partial charge in [-0.2, -0.15) is 4.31 Å². The Bertz CT molecular complexity index is 616. The number of aliphatic hydroxyl groups is 1. The summed E-state index contributed by atoms with van der Waals surface area (Å²) in [5, 5.41) is 9.55. The van der Waals surface area contributed by atoms with E-state index < -0.39 is 10.0 Å². The van der Waals surface area contributed by atoms with Gasteiger partial charge >= 0.3 is 0 Å². The van der Waals surface area contributed by atoms with Gasteiger partial charge in [0, 0.05) is 18.0 Å². The SMILES string of the molecule is CCCCS(=O)(=O)N1C[C@@H](CO)[C@@H]2Oc3ccccc3[C@@H]21. The summed E-state index contributed by atoms with van der Waals surface area (Å²) in [5.41, 5.74) is 0.915. The molecule has 0 aromatic heterocycles. The van der Waals surface area contributed by atoms with Gasteiger partial charge in [0.1, 0.15) is 11.9 Å². The van der Waals surface area contributed by atoms with Gasteiger partial charge in [-0.3, -0.25) is 0 Å². The number of benzene rings is 1. The summed E-state index contributed by atoms with van der Waals surface area (Å²) in [6.07, 6.45) is 1.23. The highest BCUT2D eigenvalue weighted by molar-refractivity contribution is 7.89. The summed E-state index contributed by atoms with van der Waals surface area (Å²) in [6.45, 7) is 2.26. The molecule has 1 N–H and O–H groups in total. The van der Waals surface area contributed by atoms with Crippen molar-refractivity contribution in [3.8, 4) is 5.75 Å². The van der Waals surface area contributed by atoms with Crippen molar-refractivity contribution in [1.82, 2.24) is 4.31 Å². The van der Waals surface area contributed by atoms with Crippen LogP contribution < -0.4 is 4.74 Å².